The Balaban J connectivity index is 2.69. The van der Waals surface area contributed by atoms with Gasteiger partial charge in [-0.05, 0) is 12.5 Å². The van der Waals surface area contributed by atoms with Gasteiger partial charge in [0.25, 0.3) is 0 Å². The number of amides is 1. The Morgan fingerprint density at radius 3 is 2.10 bits per heavy atom. The Morgan fingerprint density at radius 2 is 1.62 bits per heavy atom. The number of carbonyl (C=O) groups is 1. The second kappa shape index (κ2) is 8.29. The van der Waals surface area contributed by atoms with Gasteiger partial charge in [-0.15, -0.1) is 0 Å². The summed E-state index contributed by atoms with van der Waals surface area (Å²) in [6.07, 6.45) is 0. The van der Waals surface area contributed by atoms with Crippen molar-refractivity contribution in [2.75, 3.05) is 41.3 Å². The molecule has 21 heavy (non-hydrogen) atoms. The molecule has 1 aromatic rings. The van der Waals surface area contributed by atoms with Gasteiger partial charge in [0, 0.05) is 41.3 Å². The molecule has 5 nitrogen and oxygen atoms in total. The Bertz CT molecular complexity index is 458. The summed E-state index contributed by atoms with van der Waals surface area (Å²) in [6.45, 7) is 3.48. The highest BCUT2D eigenvalue weighted by molar-refractivity contribution is 5.84. The Kier molecular flexibility index (Phi) is 6.72. The molecule has 0 aliphatic heterocycles. The van der Waals surface area contributed by atoms with Crippen LogP contribution in [-0.2, 0) is 11.3 Å². The second-order valence-corrected chi connectivity index (χ2v) is 5.30. The molecule has 0 unspecified atom stereocenters. The number of likely N-dealkylation sites (N-methyl/N-ethyl adjacent to an activating group) is 1. The minimum atomic E-state index is 0.0440. The lowest BCUT2D eigenvalue weighted by Gasteiger charge is -2.24. The molecule has 0 aromatic heterocycles. The van der Waals surface area contributed by atoms with Crippen LogP contribution in [-0.4, -0.2) is 67.8 Å². The molecule has 0 saturated heterocycles. The van der Waals surface area contributed by atoms with Crippen molar-refractivity contribution >= 4 is 11.9 Å². The number of hydrogen-bond acceptors (Lipinski definition) is 2. The monoisotopic (exact) mass is 290 g/mol. The zero-order valence-electron chi connectivity index (χ0n) is 13.7. The first kappa shape index (κ1) is 17.0. The van der Waals surface area contributed by atoms with E-state index in [0.717, 1.165) is 11.5 Å². The van der Waals surface area contributed by atoms with Crippen molar-refractivity contribution < 1.29 is 4.79 Å². The molecule has 0 bridgehead atoms. The molecule has 0 spiro atoms. The van der Waals surface area contributed by atoms with Crippen LogP contribution in [0.2, 0.25) is 0 Å². The number of benzene rings is 1. The summed E-state index contributed by atoms with van der Waals surface area (Å²) in [7, 11) is 7.69. The lowest BCUT2D eigenvalue weighted by Crippen LogP contribution is -2.37. The molecule has 0 saturated carbocycles. The van der Waals surface area contributed by atoms with Gasteiger partial charge >= 0.3 is 0 Å². The fraction of sp³-hybridized carbons (Fsp3) is 0.500. The quantitative estimate of drug-likeness (QED) is 0.609. The SMILES string of the molecule is CCN(Cc1ccccc1)C(=O)CN=C(N(C)C)N(C)C. The van der Waals surface area contributed by atoms with Crippen molar-refractivity contribution in [2.24, 2.45) is 4.99 Å². The van der Waals surface area contributed by atoms with E-state index < -0.39 is 0 Å². The van der Waals surface area contributed by atoms with Crippen LogP contribution < -0.4 is 0 Å². The molecular weight excluding hydrogens is 264 g/mol. The van der Waals surface area contributed by atoms with Gasteiger partial charge in [-0.1, -0.05) is 30.3 Å². The summed E-state index contributed by atoms with van der Waals surface area (Å²) >= 11 is 0. The van der Waals surface area contributed by atoms with Crippen molar-refractivity contribution in [3.05, 3.63) is 35.9 Å². The van der Waals surface area contributed by atoms with Crippen LogP contribution in [0.3, 0.4) is 0 Å². The number of guanidine groups is 1. The van der Waals surface area contributed by atoms with E-state index in [2.05, 4.69) is 4.99 Å². The number of hydrogen-bond donors (Lipinski definition) is 0. The van der Waals surface area contributed by atoms with E-state index in [1.165, 1.54) is 0 Å². The minimum absolute atomic E-state index is 0.0440. The molecule has 0 fully saturated rings. The van der Waals surface area contributed by atoms with Gasteiger partial charge in [-0.25, -0.2) is 4.99 Å². The summed E-state index contributed by atoms with van der Waals surface area (Å²) in [5.41, 5.74) is 1.14. The lowest BCUT2D eigenvalue weighted by atomic mass is 10.2. The van der Waals surface area contributed by atoms with E-state index in [4.69, 9.17) is 0 Å². The predicted molar refractivity (Wildman–Crippen MR) is 87.2 cm³/mol. The highest BCUT2D eigenvalue weighted by atomic mass is 16.2. The molecule has 116 valence electrons. The molecule has 0 heterocycles. The second-order valence-electron chi connectivity index (χ2n) is 5.30. The van der Waals surface area contributed by atoms with Crippen LogP contribution in [0.5, 0.6) is 0 Å². The molecule has 1 amide bonds. The molecule has 0 aliphatic rings. The van der Waals surface area contributed by atoms with Gasteiger partial charge < -0.3 is 14.7 Å². The predicted octanol–water partition coefficient (Wildman–Crippen LogP) is 1.51. The Morgan fingerprint density at radius 1 is 1.05 bits per heavy atom. The normalized spacial score (nSPS) is 9.95. The highest BCUT2D eigenvalue weighted by Crippen LogP contribution is 2.05. The Labute approximate surface area is 127 Å². The summed E-state index contributed by atoms with van der Waals surface area (Å²) in [6, 6.07) is 10.0. The van der Waals surface area contributed by atoms with Gasteiger partial charge in [0.2, 0.25) is 5.91 Å². The average Bonchev–Trinajstić information content (AvgIpc) is 2.45. The van der Waals surface area contributed by atoms with E-state index in [-0.39, 0.29) is 12.5 Å². The molecule has 1 aromatic carbocycles. The first-order valence-corrected chi connectivity index (χ1v) is 7.16. The topological polar surface area (TPSA) is 39.2 Å². The maximum atomic E-state index is 12.3. The van der Waals surface area contributed by atoms with Crippen molar-refractivity contribution in [3.8, 4) is 0 Å². The highest BCUT2D eigenvalue weighted by Gasteiger charge is 2.13. The first-order chi connectivity index (χ1) is 9.95. The summed E-state index contributed by atoms with van der Waals surface area (Å²) in [5, 5.41) is 0. The van der Waals surface area contributed by atoms with Gasteiger partial charge in [0.1, 0.15) is 6.54 Å². The third kappa shape index (κ3) is 5.45. The van der Waals surface area contributed by atoms with Crippen LogP contribution in [0.4, 0.5) is 0 Å². The maximum absolute atomic E-state index is 12.3. The molecular formula is C16H26N4O. The zero-order chi connectivity index (χ0) is 15.8. The summed E-state index contributed by atoms with van der Waals surface area (Å²) in [4.78, 5) is 22.3. The number of rotatable bonds is 5. The molecule has 0 aliphatic carbocycles. The Hall–Kier alpha value is -2.04. The van der Waals surface area contributed by atoms with E-state index in [0.29, 0.717) is 13.1 Å². The minimum Gasteiger partial charge on any atom is -0.349 e. The molecule has 0 radical (unpaired) electrons. The van der Waals surface area contributed by atoms with Gasteiger partial charge in [0.05, 0.1) is 0 Å². The van der Waals surface area contributed by atoms with Gasteiger partial charge in [-0.3, -0.25) is 4.79 Å². The lowest BCUT2D eigenvalue weighted by molar-refractivity contribution is -0.130. The summed E-state index contributed by atoms with van der Waals surface area (Å²) in [5.74, 6) is 0.835. The third-order valence-corrected chi connectivity index (χ3v) is 3.11. The van der Waals surface area contributed by atoms with E-state index in [1.54, 1.807) is 0 Å². The van der Waals surface area contributed by atoms with Crippen molar-refractivity contribution in [1.82, 2.24) is 14.7 Å². The molecule has 5 heteroatoms. The van der Waals surface area contributed by atoms with Gasteiger partial charge in [0.15, 0.2) is 5.96 Å². The average molecular weight is 290 g/mol. The zero-order valence-corrected chi connectivity index (χ0v) is 13.7. The first-order valence-electron chi connectivity index (χ1n) is 7.16. The fourth-order valence-electron chi connectivity index (χ4n) is 2.10. The van der Waals surface area contributed by atoms with E-state index in [9.17, 15) is 4.79 Å². The maximum Gasteiger partial charge on any atom is 0.244 e. The van der Waals surface area contributed by atoms with Crippen molar-refractivity contribution in [1.29, 1.82) is 0 Å². The van der Waals surface area contributed by atoms with Crippen LogP contribution in [0.25, 0.3) is 0 Å². The van der Waals surface area contributed by atoms with Crippen LogP contribution in [0, 0.1) is 0 Å². The third-order valence-electron chi connectivity index (χ3n) is 3.11. The molecule has 0 atom stereocenters. The number of aliphatic imine (C=N–C) groups is 1. The van der Waals surface area contributed by atoms with Crippen LogP contribution in [0.15, 0.2) is 35.3 Å². The smallest absolute Gasteiger partial charge is 0.244 e. The van der Waals surface area contributed by atoms with Crippen molar-refractivity contribution in [3.63, 3.8) is 0 Å². The van der Waals surface area contributed by atoms with Gasteiger partial charge in [-0.2, -0.15) is 0 Å². The fourth-order valence-corrected chi connectivity index (χ4v) is 2.10. The van der Waals surface area contributed by atoms with E-state index in [1.807, 2.05) is 80.1 Å². The molecule has 0 N–H and O–H groups in total. The van der Waals surface area contributed by atoms with E-state index >= 15 is 0 Å². The van der Waals surface area contributed by atoms with Crippen LogP contribution in [0.1, 0.15) is 12.5 Å². The standard InChI is InChI=1S/C16H26N4O/c1-6-20(13-14-10-8-7-9-11-14)15(21)12-17-16(18(2)3)19(4)5/h7-11H,6,12-13H2,1-5H3. The number of nitrogens with zero attached hydrogens (tertiary/aromatic N) is 4. The number of carbonyl (C=O) groups excluding carboxylic acids is 1. The van der Waals surface area contributed by atoms with Crippen molar-refractivity contribution in [2.45, 2.75) is 13.5 Å². The molecule has 1 rings (SSSR count). The summed E-state index contributed by atoms with van der Waals surface area (Å²) < 4.78 is 0. The van der Waals surface area contributed by atoms with Crippen LogP contribution >= 0.6 is 0 Å². The largest absolute Gasteiger partial charge is 0.349 e.